The van der Waals surface area contributed by atoms with Crippen LogP contribution in [0.3, 0.4) is 0 Å². The Morgan fingerprint density at radius 2 is 2.25 bits per heavy atom. The summed E-state index contributed by atoms with van der Waals surface area (Å²) in [6.07, 6.45) is 2.20. The second-order valence-corrected chi connectivity index (χ2v) is 8.09. The average molecular weight is 405 g/mol. The van der Waals surface area contributed by atoms with Gasteiger partial charge in [0, 0.05) is 18.7 Å². The summed E-state index contributed by atoms with van der Waals surface area (Å²) >= 11 is 1.31. The molecule has 2 heterocycles. The van der Waals surface area contributed by atoms with E-state index < -0.39 is 10.2 Å². The predicted molar refractivity (Wildman–Crippen MR) is 106 cm³/mol. The van der Waals surface area contributed by atoms with E-state index in [-0.39, 0.29) is 17.7 Å². The quantitative estimate of drug-likeness (QED) is 0.428. The molecule has 1 aromatic heterocycles. The normalized spacial score (nSPS) is 17.5. The number of nitro benzene ring substituents is 1. The summed E-state index contributed by atoms with van der Waals surface area (Å²) in [5.41, 5.74) is 1.13. The van der Waals surface area contributed by atoms with Crippen molar-refractivity contribution in [2.24, 2.45) is 0 Å². The lowest BCUT2D eigenvalue weighted by molar-refractivity contribution is -0.384. The van der Waals surface area contributed by atoms with E-state index in [1.807, 2.05) is 11.5 Å². The minimum atomic E-state index is -0.483. The first-order chi connectivity index (χ1) is 13.3. The molecule has 1 fully saturated rings. The summed E-state index contributed by atoms with van der Waals surface area (Å²) in [6, 6.07) is 4.40. The van der Waals surface area contributed by atoms with E-state index in [0.717, 1.165) is 30.8 Å². The zero-order valence-corrected chi connectivity index (χ0v) is 16.9. The number of nitrogens with one attached hydrogen (secondary N) is 1. The van der Waals surface area contributed by atoms with Crippen LogP contribution in [0, 0.1) is 24.0 Å². The Kier molecular flexibility index (Phi) is 6.30. The highest BCUT2D eigenvalue weighted by atomic mass is 32.2. The zero-order valence-electron chi connectivity index (χ0n) is 16.0. The van der Waals surface area contributed by atoms with E-state index in [2.05, 4.69) is 15.5 Å². The van der Waals surface area contributed by atoms with Crippen molar-refractivity contribution in [3.05, 3.63) is 39.7 Å². The number of nitro groups is 1. The van der Waals surface area contributed by atoms with Crippen molar-refractivity contribution < 1.29 is 14.5 Å². The van der Waals surface area contributed by atoms with E-state index in [9.17, 15) is 14.9 Å². The maximum Gasteiger partial charge on any atom is 0.271 e. The Labute approximate surface area is 167 Å². The topological polar surface area (TPSA) is 112 Å². The number of aromatic nitrogens is 3. The van der Waals surface area contributed by atoms with Crippen molar-refractivity contribution >= 4 is 29.0 Å². The number of anilines is 1. The number of benzene rings is 1. The molecule has 0 saturated carbocycles. The van der Waals surface area contributed by atoms with Crippen molar-refractivity contribution in [2.75, 3.05) is 11.9 Å². The van der Waals surface area contributed by atoms with Gasteiger partial charge < -0.3 is 14.6 Å². The summed E-state index contributed by atoms with van der Waals surface area (Å²) in [5, 5.41) is 22.3. The molecule has 1 N–H and O–H groups in total. The molecule has 2 aromatic rings. The molecule has 1 aliphatic heterocycles. The van der Waals surface area contributed by atoms with Crippen LogP contribution in [0.2, 0.25) is 0 Å². The van der Waals surface area contributed by atoms with Crippen molar-refractivity contribution in [1.82, 2.24) is 14.8 Å². The molecule has 2 atom stereocenters. The van der Waals surface area contributed by atoms with Gasteiger partial charge in [0.05, 0.1) is 28.5 Å². The Morgan fingerprint density at radius 1 is 1.46 bits per heavy atom. The van der Waals surface area contributed by atoms with Gasteiger partial charge >= 0.3 is 0 Å². The Bertz CT molecular complexity index is 879. The summed E-state index contributed by atoms with van der Waals surface area (Å²) in [5.74, 6) is 0.526. The minimum absolute atomic E-state index is 0.0619. The predicted octanol–water partition coefficient (Wildman–Crippen LogP) is 3.10. The number of hydrogen-bond donors (Lipinski definition) is 1. The van der Waals surface area contributed by atoms with E-state index in [1.165, 1.54) is 23.9 Å². The van der Waals surface area contributed by atoms with E-state index in [0.29, 0.717) is 17.4 Å². The number of non-ortho nitro benzene ring substituents is 1. The SMILES string of the molecule is Cc1ccc([N+](=O)[O-])cc1NC(=O)[C@H](C)Sc1nnc(C)n1C[C@@H]1CCCO1. The number of carbonyl (C=O) groups excluding carboxylic acids is 1. The molecule has 1 aromatic carbocycles. The number of thioether (sulfide) groups is 1. The van der Waals surface area contributed by atoms with Gasteiger partial charge in [-0.05, 0) is 39.2 Å². The van der Waals surface area contributed by atoms with Crippen LogP contribution in [-0.4, -0.2) is 43.6 Å². The number of ether oxygens (including phenoxy) is 1. The molecule has 1 saturated heterocycles. The standard InChI is InChI=1S/C18H23N5O4S/c1-11-6-7-14(23(25)26)9-16(11)19-17(24)12(2)28-18-21-20-13(3)22(18)10-15-5-4-8-27-15/h6-7,9,12,15H,4-5,8,10H2,1-3H3,(H,19,24)/t12-,15-/m0/s1. The van der Waals surface area contributed by atoms with Gasteiger partial charge in [-0.1, -0.05) is 17.8 Å². The summed E-state index contributed by atoms with van der Waals surface area (Å²) < 4.78 is 7.67. The van der Waals surface area contributed by atoms with Gasteiger partial charge in [-0.15, -0.1) is 10.2 Å². The summed E-state index contributed by atoms with van der Waals surface area (Å²) in [7, 11) is 0. The molecule has 0 unspecified atom stereocenters. The van der Waals surface area contributed by atoms with E-state index in [4.69, 9.17) is 4.74 Å². The molecule has 10 heteroatoms. The van der Waals surface area contributed by atoms with E-state index >= 15 is 0 Å². The van der Waals surface area contributed by atoms with Crippen LogP contribution < -0.4 is 5.32 Å². The molecule has 28 heavy (non-hydrogen) atoms. The largest absolute Gasteiger partial charge is 0.376 e. The molecule has 3 rings (SSSR count). The van der Waals surface area contributed by atoms with Crippen molar-refractivity contribution in [1.29, 1.82) is 0 Å². The number of nitrogens with zero attached hydrogens (tertiary/aromatic N) is 4. The number of amides is 1. The first-order valence-corrected chi connectivity index (χ1v) is 9.97. The summed E-state index contributed by atoms with van der Waals surface area (Å²) in [6.45, 7) is 6.88. The molecule has 0 aliphatic carbocycles. The lowest BCUT2D eigenvalue weighted by Crippen LogP contribution is -2.24. The number of rotatable bonds is 7. The fraction of sp³-hybridized carbons (Fsp3) is 0.500. The Hall–Kier alpha value is -2.46. The van der Waals surface area contributed by atoms with Crippen molar-refractivity contribution in [3.8, 4) is 0 Å². The second-order valence-electron chi connectivity index (χ2n) is 6.78. The monoisotopic (exact) mass is 405 g/mol. The third-order valence-corrected chi connectivity index (χ3v) is 5.73. The molecule has 0 spiro atoms. The van der Waals surface area contributed by atoms with Gasteiger partial charge in [0.15, 0.2) is 5.16 Å². The molecular formula is C18H23N5O4S. The molecular weight excluding hydrogens is 382 g/mol. The Balaban J connectivity index is 1.68. The highest BCUT2D eigenvalue weighted by Gasteiger charge is 2.23. The van der Waals surface area contributed by atoms with Crippen LogP contribution in [-0.2, 0) is 16.1 Å². The van der Waals surface area contributed by atoms with Crippen LogP contribution in [0.4, 0.5) is 11.4 Å². The first-order valence-electron chi connectivity index (χ1n) is 9.09. The highest BCUT2D eigenvalue weighted by molar-refractivity contribution is 8.00. The van der Waals surface area contributed by atoms with Crippen LogP contribution in [0.15, 0.2) is 23.4 Å². The number of carbonyl (C=O) groups is 1. The third kappa shape index (κ3) is 4.68. The zero-order chi connectivity index (χ0) is 20.3. The molecule has 0 radical (unpaired) electrons. The van der Waals surface area contributed by atoms with Crippen LogP contribution in [0.25, 0.3) is 0 Å². The molecule has 1 amide bonds. The Morgan fingerprint density at radius 3 is 2.93 bits per heavy atom. The average Bonchev–Trinajstić information content (AvgIpc) is 3.28. The molecule has 150 valence electrons. The van der Waals surface area contributed by atoms with Crippen molar-refractivity contribution in [3.63, 3.8) is 0 Å². The van der Waals surface area contributed by atoms with Crippen LogP contribution in [0.5, 0.6) is 0 Å². The van der Waals surface area contributed by atoms with Gasteiger partial charge in [-0.2, -0.15) is 0 Å². The second kappa shape index (κ2) is 8.70. The van der Waals surface area contributed by atoms with Gasteiger partial charge in [-0.3, -0.25) is 14.9 Å². The number of hydrogen-bond acceptors (Lipinski definition) is 7. The lowest BCUT2D eigenvalue weighted by atomic mass is 10.2. The van der Waals surface area contributed by atoms with E-state index in [1.54, 1.807) is 19.9 Å². The smallest absolute Gasteiger partial charge is 0.271 e. The summed E-state index contributed by atoms with van der Waals surface area (Å²) in [4.78, 5) is 23.1. The molecule has 1 aliphatic rings. The fourth-order valence-electron chi connectivity index (χ4n) is 2.96. The van der Waals surface area contributed by atoms with Gasteiger partial charge in [0.2, 0.25) is 5.91 Å². The molecule has 0 bridgehead atoms. The maximum absolute atomic E-state index is 12.6. The highest BCUT2D eigenvalue weighted by Crippen LogP contribution is 2.27. The van der Waals surface area contributed by atoms with Crippen LogP contribution in [0.1, 0.15) is 31.2 Å². The first kappa shape index (κ1) is 20.3. The number of aryl methyl sites for hydroxylation is 2. The third-order valence-electron chi connectivity index (χ3n) is 4.65. The van der Waals surface area contributed by atoms with Crippen molar-refractivity contribution in [2.45, 2.75) is 56.7 Å². The molecule has 9 nitrogen and oxygen atoms in total. The van der Waals surface area contributed by atoms with Gasteiger partial charge in [0.1, 0.15) is 5.82 Å². The fourth-order valence-corrected chi connectivity index (χ4v) is 3.86. The minimum Gasteiger partial charge on any atom is -0.376 e. The van der Waals surface area contributed by atoms with Gasteiger partial charge in [0.25, 0.3) is 5.69 Å². The maximum atomic E-state index is 12.6. The van der Waals surface area contributed by atoms with Gasteiger partial charge in [-0.25, -0.2) is 0 Å². The lowest BCUT2D eigenvalue weighted by Gasteiger charge is -2.16. The van der Waals surface area contributed by atoms with Crippen LogP contribution >= 0.6 is 11.8 Å².